The minimum absolute atomic E-state index is 0. The number of benzene rings is 1. The number of aryl methyl sites for hydroxylation is 1. The fourth-order valence-corrected chi connectivity index (χ4v) is 4.84. The van der Waals surface area contributed by atoms with E-state index in [1.54, 1.807) is 0 Å². The van der Waals surface area contributed by atoms with E-state index in [-0.39, 0.29) is 18.3 Å². The van der Waals surface area contributed by atoms with Gasteiger partial charge in [0.15, 0.2) is 0 Å². The quantitative estimate of drug-likeness (QED) is 0.716. The van der Waals surface area contributed by atoms with E-state index in [4.69, 9.17) is 0 Å². The molecule has 0 N–H and O–H groups in total. The van der Waals surface area contributed by atoms with E-state index in [9.17, 15) is 4.79 Å². The molecule has 28 heavy (non-hydrogen) atoms. The lowest BCUT2D eigenvalue weighted by atomic mass is 9.87. The van der Waals surface area contributed by atoms with Crippen LogP contribution in [-0.4, -0.2) is 53.0 Å². The zero-order valence-corrected chi connectivity index (χ0v) is 17.9. The Morgan fingerprint density at radius 1 is 1.04 bits per heavy atom. The number of piperazine rings is 1. The van der Waals surface area contributed by atoms with Gasteiger partial charge in [-0.1, -0.05) is 57.2 Å². The van der Waals surface area contributed by atoms with Gasteiger partial charge in [-0.3, -0.25) is 4.79 Å². The normalized spacial score (nSPS) is 19.0. The predicted molar refractivity (Wildman–Crippen MR) is 118 cm³/mol. The summed E-state index contributed by atoms with van der Waals surface area (Å²) in [6, 6.07) is 8.43. The van der Waals surface area contributed by atoms with Gasteiger partial charge in [0.05, 0.1) is 5.56 Å². The van der Waals surface area contributed by atoms with Crippen LogP contribution in [-0.2, 0) is 6.54 Å². The zero-order chi connectivity index (χ0) is 18.6. The topological polar surface area (TPSA) is 28.5 Å². The number of rotatable bonds is 5. The molecular weight excluding hydrogens is 370 g/mol. The summed E-state index contributed by atoms with van der Waals surface area (Å²) in [5.74, 6) is 1.07. The fourth-order valence-electron chi connectivity index (χ4n) is 4.84. The molecular formula is C23H34ClN3O. The Hall–Kier alpha value is -1.52. The van der Waals surface area contributed by atoms with Gasteiger partial charge in [0.2, 0.25) is 0 Å². The first-order valence-corrected chi connectivity index (χ1v) is 10.9. The maximum Gasteiger partial charge on any atom is 0.256 e. The maximum atomic E-state index is 13.2. The summed E-state index contributed by atoms with van der Waals surface area (Å²) in [5, 5.41) is 1.11. The first-order chi connectivity index (χ1) is 13.3. The number of aromatic nitrogens is 1. The van der Waals surface area contributed by atoms with Gasteiger partial charge in [-0.05, 0) is 24.9 Å². The van der Waals surface area contributed by atoms with Crippen molar-refractivity contribution in [2.75, 3.05) is 32.7 Å². The van der Waals surface area contributed by atoms with Crippen molar-refractivity contribution in [3.63, 3.8) is 0 Å². The van der Waals surface area contributed by atoms with Crippen LogP contribution in [0.15, 0.2) is 30.5 Å². The molecule has 5 heteroatoms. The Balaban J connectivity index is 0.00000225. The number of hydrogen-bond donors (Lipinski definition) is 0. The molecule has 0 radical (unpaired) electrons. The summed E-state index contributed by atoms with van der Waals surface area (Å²) in [6.45, 7) is 7.95. The molecule has 2 heterocycles. The molecule has 0 bridgehead atoms. The van der Waals surface area contributed by atoms with Gasteiger partial charge in [0.25, 0.3) is 5.91 Å². The summed E-state index contributed by atoms with van der Waals surface area (Å²) in [4.78, 5) is 17.7. The average molecular weight is 404 g/mol. The molecule has 1 aliphatic carbocycles. The number of carbonyl (C=O) groups is 1. The highest BCUT2D eigenvalue weighted by molar-refractivity contribution is 6.07. The standard InChI is InChI=1S/C23H33N3O.ClH/c1-2-24-14-16-25(17-15-24)23(27)21-18-26(22-11-7-6-10-20(21)22)13-12-19-8-4-3-5-9-19;/h6-7,10-11,18-19H,2-5,8-9,12-17H2,1H3;1H. The number of likely N-dealkylation sites (N-methyl/N-ethyl adjacent to an activating group) is 1. The van der Waals surface area contributed by atoms with Gasteiger partial charge in [0, 0.05) is 49.8 Å². The Kier molecular flexibility index (Phi) is 7.42. The van der Waals surface area contributed by atoms with Crippen LogP contribution >= 0.6 is 12.4 Å². The molecule has 1 saturated carbocycles. The lowest BCUT2D eigenvalue weighted by Crippen LogP contribution is -2.48. The third kappa shape index (κ3) is 4.55. The Morgan fingerprint density at radius 2 is 1.75 bits per heavy atom. The van der Waals surface area contributed by atoms with Crippen molar-refractivity contribution < 1.29 is 4.79 Å². The first-order valence-electron chi connectivity index (χ1n) is 10.9. The number of hydrogen-bond acceptors (Lipinski definition) is 2. The molecule has 2 aliphatic rings. The molecule has 0 unspecified atom stereocenters. The van der Waals surface area contributed by atoms with Crippen LogP contribution in [0.5, 0.6) is 0 Å². The van der Waals surface area contributed by atoms with Gasteiger partial charge in [-0.2, -0.15) is 0 Å². The highest BCUT2D eigenvalue weighted by Crippen LogP contribution is 2.29. The van der Waals surface area contributed by atoms with E-state index in [0.29, 0.717) is 0 Å². The number of amides is 1. The lowest BCUT2D eigenvalue weighted by Gasteiger charge is -2.34. The van der Waals surface area contributed by atoms with Crippen molar-refractivity contribution in [2.45, 2.75) is 52.0 Å². The van der Waals surface area contributed by atoms with Crippen LogP contribution in [0.4, 0.5) is 0 Å². The zero-order valence-electron chi connectivity index (χ0n) is 17.1. The van der Waals surface area contributed by atoms with E-state index in [2.05, 4.69) is 46.9 Å². The third-order valence-corrected chi connectivity index (χ3v) is 6.63. The molecule has 0 spiro atoms. The molecule has 4 rings (SSSR count). The molecule has 2 aromatic rings. The van der Waals surface area contributed by atoms with E-state index < -0.39 is 0 Å². The lowest BCUT2D eigenvalue weighted by molar-refractivity contribution is 0.0645. The Labute approximate surface area is 175 Å². The highest BCUT2D eigenvalue weighted by Gasteiger charge is 2.24. The van der Waals surface area contributed by atoms with E-state index in [0.717, 1.165) is 56.1 Å². The van der Waals surface area contributed by atoms with Gasteiger partial charge >= 0.3 is 0 Å². The second-order valence-corrected chi connectivity index (χ2v) is 8.27. The molecule has 0 atom stereocenters. The van der Waals surface area contributed by atoms with Gasteiger partial charge < -0.3 is 14.4 Å². The molecule has 1 aromatic carbocycles. The summed E-state index contributed by atoms with van der Waals surface area (Å²) in [5.41, 5.74) is 2.10. The Bertz CT molecular complexity index is 773. The molecule has 4 nitrogen and oxygen atoms in total. The van der Waals surface area contributed by atoms with E-state index in [1.807, 2.05) is 4.90 Å². The number of halogens is 1. The summed E-state index contributed by atoms with van der Waals surface area (Å²) in [7, 11) is 0. The number of nitrogens with zero attached hydrogens (tertiary/aromatic N) is 3. The molecule has 1 aliphatic heterocycles. The van der Waals surface area contributed by atoms with Crippen LogP contribution < -0.4 is 0 Å². The molecule has 1 aromatic heterocycles. The third-order valence-electron chi connectivity index (χ3n) is 6.63. The second kappa shape index (κ2) is 9.80. The van der Waals surface area contributed by atoms with E-state index in [1.165, 1.54) is 44.0 Å². The molecule has 1 amide bonds. The fraction of sp³-hybridized carbons (Fsp3) is 0.609. The SMILES string of the molecule is CCN1CCN(C(=O)c2cn(CCC3CCCCC3)c3ccccc23)CC1.Cl. The first kappa shape index (κ1) is 21.2. The van der Waals surface area contributed by atoms with E-state index >= 15 is 0 Å². The van der Waals surface area contributed by atoms with Crippen molar-refractivity contribution in [3.8, 4) is 0 Å². The van der Waals surface area contributed by atoms with Crippen molar-refractivity contribution in [1.82, 2.24) is 14.4 Å². The van der Waals surface area contributed by atoms with Crippen LogP contribution in [0.3, 0.4) is 0 Å². The van der Waals surface area contributed by atoms with Gasteiger partial charge in [-0.25, -0.2) is 0 Å². The monoisotopic (exact) mass is 403 g/mol. The molecule has 154 valence electrons. The predicted octanol–water partition coefficient (Wildman–Crippen LogP) is 4.81. The summed E-state index contributed by atoms with van der Waals surface area (Å²) in [6.07, 6.45) is 10.3. The summed E-state index contributed by atoms with van der Waals surface area (Å²) >= 11 is 0. The van der Waals surface area contributed by atoms with Gasteiger partial charge in [-0.15, -0.1) is 12.4 Å². The second-order valence-electron chi connectivity index (χ2n) is 8.27. The largest absolute Gasteiger partial charge is 0.347 e. The van der Waals surface area contributed by atoms with Crippen molar-refractivity contribution in [2.24, 2.45) is 5.92 Å². The van der Waals surface area contributed by atoms with Crippen molar-refractivity contribution in [1.29, 1.82) is 0 Å². The average Bonchev–Trinajstić information content (AvgIpc) is 3.11. The molecule has 2 fully saturated rings. The van der Waals surface area contributed by atoms with Crippen LogP contribution in [0, 0.1) is 5.92 Å². The van der Waals surface area contributed by atoms with Crippen molar-refractivity contribution >= 4 is 29.2 Å². The number of fused-ring (bicyclic) bond motifs is 1. The van der Waals surface area contributed by atoms with Gasteiger partial charge in [0.1, 0.15) is 0 Å². The minimum Gasteiger partial charge on any atom is -0.347 e. The van der Waals surface area contributed by atoms with Crippen LogP contribution in [0.25, 0.3) is 10.9 Å². The number of carbonyl (C=O) groups excluding carboxylic acids is 1. The number of para-hydroxylation sites is 1. The van der Waals surface area contributed by atoms with Crippen LogP contribution in [0.1, 0.15) is 55.8 Å². The smallest absolute Gasteiger partial charge is 0.256 e. The summed E-state index contributed by atoms with van der Waals surface area (Å²) < 4.78 is 2.33. The Morgan fingerprint density at radius 3 is 2.46 bits per heavy atom. The molecule has 1 saturated heterocycles. The maximum absolute atomic E-state index is 13.2. The van der Waals surface area contributed by atoms with Crippen molar-refractivity contribution in [3.05, 3.63) is 36.0 Å². The highest BCUT2D eigenvalue weighted by atomic mass is 35.5. The minimum atomic E-state index is 0. The van der Waals surface area contributed by atoms with Crippen LogP contribution in [0.2, 0.25) is 0 Å².